The first kappa shape index (κ1) is 13.2. The molecule has 0 spiro atoms. The highest BCUT2D eigenvalue weighted by Crippen LogP contribution is 2.29. The minimum atomic E-state index is -0.679. The van der Waals surface area contributed by atoms with Gasteiger partial charge < -0.3 is 4.74 Å². The van der Waals surface area contributed by atoms with Crippen molar-refractivity contribution in [3.8, 4) is 5.75 Å². The van der Waals surface area contributed by atoms with Gasteiger partial charge in [-0.1, -0.05) is 13.0 Å². The second kappa shape index (κ2) is 5.43. The van der Waals surface area contributed by atoms with Crippen LogP contribution in [0.2, 0.25) is 0 Å². The molecule has 17 heavy (non-hydrogen) atoms. The predicted octanol–water partition coefficient (Wildman–Crippen LogP) is 2.51. The van der Waals surface area contributed by atoms with E-state index in [1.165, 1.54) is 19.1 Å². The van der Waals surface area contributed by atoms with Crippen LogP contribution in [0, 0.1) is 10.1 Å². The molecule has 0 aliphatic heterocycles. The number of ether oxygens (including phenoxy) is 1. The molecule has 0 N–H and O–H groups in total. The van der Waals surface area contributed by atoms with Crippen LogP contribution in [0.15, 0.2) is 18.2 Å². The fourth-order valence-corrected chi connectivity index (χ4v) is 1.30. The molecule has 0 aromatic heterocycles. The van der Waals surface area contributed by atoms with Gasteiger partial charge in [0.15, 0.2) is 17.6 Å². The van der Waals surface area contributed by atoms with Crippen LogP contribution in [0.3, 0.4) is 0 Å². The van der Waals surface area contributed by atoms with Crippen molar-refractivity contribution in [3.05, 3.63) is 33.9 Å². The maximum absolute atomic E-state index is 11.1. The van der Waals surface area contributed by atoms with Crippen molar-refractivity contribution >= 4 is 11.5 Å². The Kier molecular flexibility index (Phi) is 4.20. The van der Waals surface area contributed by atoms with Crippen LogP contribution < -0.4 is 4.74 Å². The number of hydrogen-bond acceptors (Lipinski definition) is 4. The molecule has 0 saturated carbocycles. The molecule has 5 nitrogen and oxygen atoms in total. The molecule has 1 aromatic rings. The largest absolute Gasteiger partial charge is 0.476 e. The van der Waals surface area contributed by atoms with E-state index in [4.69, 9.17) is 4.74 Å². The monoisotopic (exact) mass is 237 g/mol. The second-order valence-corrected chi connectivity index (χ2v) is 3.78. The Hall–Kier alpha value is -1.91. The molecular formula is C12H15NO4. The molecule has 0 amide bonds. The average molecular weight is 237 g/mol. The van der Waals surface area contributed by atoms with Crippen LogP contribution in [0.1, 0.15) is 26.3 Å². The van der Waals surface area contributed by atoms with E-state index in [-0.39, 0.29) is 17.2 Å². The lowest BCUT2D eigenvalue weighted by atomic mass is 10.1. The van der Waals surface area contributed by atoms with Crippen LogP contribution in [0.4, 0.5) is 5.69 Å². The van der Waals surface area contributed by atoms with Gasteiger partial charge in [-0.3, -0.25) is 14.9 Å². The number of ketones is 1. The molecule has 1 atom stereocenters. The van der Waals surface area contributed by atoms with E-state index in [9.17, 15) is 14.9 Å². The minimum absolute atomic E-state index is 0.0996. The number of Topliss-reactive ketones (excluding diaryl/α,β-unsaturated/α-hetero) is 1. The number of nitro benzene ring substituents is 1. The number of benzene rings is 1. The topological polar surface area (TPSA) is 69.4 Å². The molecule has 0 heterocycles. The lowest BCUT2D eigenvalue weighted by Crippen LogP contribution is -2.21. The van der Waals surface area contributed by atoms with Gasteiger partial charge in [0.2, 0.25) is 0 Å². The number of carbonyl (C=O) groups excluding carboxylic acids is 1. The average Bonchev–Trinajstić information content (AvgIpc) is 2.29. The van der Waals surface area contributed by atoms with Crippen molar-refractivity contribution in [2.75, 3.05) is 0 Å². The first-order chi connectivity index (χ1) is 7.95. The smallest absolute Gasteiger partial charge is 0.311 e. The summed E-state index contributed by atoms with van der Waals surface area (Å²) in [6, 6.07) is 4.77. The van der Waals surface area contributed by atoms with Gasteiger partial charge in [0, 0.05) is 6.07 Å². The van der Waals surface area contributed by atoms with E-state index in [1.807, 2.05) is 6.92 Å². The van der Waals surface area contributed by atoms with Crippen LogP contribution in [-0.4, -0.2) is 16.8 Å². The van der Waals surface area contributed by atoms with Crippen molar-refractivity contribution in [1.82, 2.24) is 0 Å². The number of nitrogens with zero attached hydrogens (tertiary/aromatic N) is 1. The summed E-state index contributed by atoms with van der Waals surface area (Å²) < 4.78 is 5.28. The summed E-state index contributed by atoms with van der Waals surface area (Å²) in [7, 11) is 0. The molecule has 0 aliphatic carbocycles. The summed E-state index contributed by atoms with van der Waals surface area (Å²) in [4.78, 5) is 21.4. The fraction of sp³-hybridized carbons (Fsp3) is 0.417. The summed E-state index contributed by atoms with van der Waals surface area (Å²) >= 11 is 0. The molecule has 0 saturated heterocycles. The van der Waals surface area contributed by atoms with Crippen LogP contribution in [0.25, 0.3) is 0 Å². The Bertz CT molecular complexity index is 442. The molecule has 0 bridgehead atoms. The van der Waals surface area contributed by atoms with Gasteiger partial charge >= 0.3 is 5.69 Å². The predicted molar refractivity (Wildman–Crippen MR) is 63.2 cm³/mol. The molecule has 0 radical (unpaired) electrons. The standard InChI is InChI=1S/C12H15NO4/c1-4-10-5-6-12(11(7-10)13(15)16)17-9(3)8(2)14/h5-7,9H,4H2,1-3H3. The van der Waals surface area contributed by atoms with Crippen LogP contribution in [0.5, 0.6) is 5.75 Å². The summed E-state index contributed by atoms with van der Waals surface area (Å²) in [5.74, 6) is -0.0335. The van der Waals surface area contributed by atoms with E-state index in [1.54, 1.807) is 13.0 Å². The maximum Gasteiger partial charge on any atom is 0.311 e. The molecule has 1 rings (SSSR count). The number of nitro groups is 1. The number of hydrogen-bond donors (Lipinski definition) is 0. The van der Waals surface area contributed by atoms with Gasteiger partial charge in [0.1, 0.15) is 0 Å². The number of rotatable bonds is 5. The lowest BCUT2D eigenvalue weighted by Gasteiger charge is -2.12. The van der Waals surface area contributed by atoms with Crippen molar-refractivity contribution in [1.29, 1.82) is 0 Å². The first-order valence-electron chi connectivity index (χ1n) is 5.40. The molecule has 1 aromatic carbocycles. The molecular weight excluding hydrogens is 222 g/mol. The molecule has 1 unspecified atom stereocenters. The van der Waals surface area contributed by atoms with E-state index >= 15 is 0 Å². The van der Waals surface area contributed by atoms with Gasteiger partial charge in [0.25, 0.3) is 0 Å². The zero-order valence-electron chi connectivity index (χ0n) is 10.1. The van der Waals surface area contributed by atoms with E-state index in [0.29, 0.717) is 6.42 Å². The van der Waals surface area contributed by atoms with Crippen LogP contribution >= 0.6 is 0 Å². The fourth-order valence-electron chi connectivity index (χ4n) is 1.30. The SMILES string of the molecule is CCc1ccc(OC(C)C(C)=O)c([N+](=O)[O-])c1. The van der Waals surface area contributed by atoms with E-state index in [2.05, 4.69) is 0 Å². The Morgan fingerprint density at radius 2 is 2.18 bits per heavy atom. The summed E-state index contributed by atoms with van der Waals surface area (Å²) in [5.41, 5.74) is 0.761. The Morgan fingerprint density at radius 1 is 1.53 bits per heavy atom. The third kappa shape index (κ3) is 3.27. The summed E-state index contributed by atoms with van der Waals surface area (Å²) in [6.07, 6.45) is 0.0322. The Balaban J connectivity index is 3.06. The minimum Gasteiger partial charge on any atom is -0.476 e. The van der Waals surface area contributed by atoms with Crippen molar-refractivity contribution < 1.29 is 14.5 Å². The molecule has 5 heteroatoms. The zero-order chi connectivity index (χ0) is 13.0. The van der Waals surface area contributed by atoms with Gasteiger partial charge in [-0.25, -0.2) is 0 Å². The van der Waals surface area contributed by atoms with Gasteiger partial charge in [0.05, 0.1) is 4.92 Å². The molecule has 0 aliphatic rings. The molecule has 0 fully saturated rings. The Labute approximate surface area is 99.5 Å². The van der Waals surface area contributed by atoms with Gasteiger partial charge in [-0.15, -0.1) is 0 Å². The highest BCUT2D eigenvalue weighted by Gasteiger charge is 2.19. The Morgan fingerprint density at radius 3 is 2.65 bits per heavy atom. The summed E-state index contributed by atoms with van der Waals surface area (Å²) in [6.45, 7) is 4.87. The number of carbonyl (C=O) groups is 1. The van der Waals surface area contributed by atoms with Crippen molar-refractivity contribution in [3.63, 3.8) is 0 Å². The first-order valence-corrected chi connectivity index (χ1v) is 5.40. The van der Waals surface area contributed by atoms with Crippen LogP contribution in [-0.2, 0) is 11.2 Å². The molecule has 92 valence electrons. The van der Waals surface area contributed by atoms with Crippen molar-refractivity contribution in [2.24, 2.45) is 0 Å². The third-order valence-electron chi connectivity index (χ3n) is 2.50. The maximum atomic E-state index is 11.1. The van der Waals surface area contributed by atoms with Gasteiger partial charge in [-0.2, -0.15) is 0 Å². The highest BCUT2D eigenvalue weighted by molar-refractivity contribution is 5.80. The second-order valence-electron chi connectivity index (χ2n) is 3.78. The quantitative estimate of drug-likeness (QED) is 0.582. The van der Waals surface area contributed by atoms with E-state index in [0.717, 1.165) is 5.56 Å². The normalized spacial score (nSPS) is 11.9. The lowest BCUT2D eigenvalue weighted by molar-refractivity contribution is -0.386. The van der Waals surface area contributed by atoms with Gasteiger partial charge in [-0.05, 0) is 31.9 Å². The third-order valence-corrected chi connectivity index (χ3v) is 2.50. The highest BCUT2D eigenvalue weighted by atomic mass is 16.6. The van der Waals surface area contributed by atoms with Crippen molar-refractivity contribution in [2.45, 2.75) is 33.3 Å². The van der Waals surface area contributed by atoms with E-state index < -0.39 is 11.0 Å². The number of aryl methyl sites for hydroxylation is 1. The summed E-state index contributed by atoms with van der Waals surface area (Å²) in [5, 5.41) is 10.9. The zero-order valence-corrected chi connectivity index (χ0v) is 10.1.